The molecule has 1 saturated heterocycles. The number of carbonyl (C=O) groups is 1. The zero-order valence-corrected chi connectivity index (χ0v) is 11.9. The molecule has 114 valence electrons. The van der Waals surface area contributed by atoms with Gasteiger partial charge in [0.15, 0.2) is 0 Å². The first-order valence-corrected chi connectivity index (χ1v) is 6.98. The van der Waals surface area contributed by atoms with Gasteiger partial charge < -0.3 is 10.4 Å². The van der Waals surface area contributed by atoms with Gasteiger partial charge in [-0.05, 0) is 12.0 Å². The van der Waals surface area contributed by atoms with E-state index in [1.165, 1.54) is 12.1 Å². The number of nitrogens with one attached hydrogen (secondary N) is 1. The Labute approximate surface area is 122 Å². The van der Waals surface area contributed by atoms with Crippen LogP contribution in [0.15, 0.2) is 24.3 Å². The molecule has 21 heavy (non-hydrogen) atoms. The van der Waals surface area contributed by atoms with E-state index in [1.54, 1.807) is 6.07 Å². The molecule has 2 unspecified atom stereocenters. The molecule has 1 heterocycles. The number of hydrogen-bond acceptors (Lipinski definition) is 5. The minimum atomic E-state index is -0.869. The van der Waals surface area contributed by atoms with Crippen LogP contribution in [-0.4, -0.2) is 46.6 Å². The van der Waals surface area contributed by atoms with Gasteiger partial charge in [0.25, 0.3) is 5.69 Å². The number of benzene rings is 1. The Bertz CT molecular complexity index is 535. The molecule has 0 aromatic heterocycles. The molecule has 2 rings (SSSR count). The highest BCUT2D eigenvalue weighted by atomic mass is 16.6. The second-order valence-corrected chi connectivity index (χ2v) is 5.07. The third-order valence-corrected chi connectivity index (χ3v) is 3.82. The smallest absolute Gasteiger partial charge is 0.322 e. The summed E-state index contributed by atoms with van der Waals surface area (Å²) < 4.78 is 0. The zero-order valence-electron chi connectivity index (χ0n) is 11.9. The first kappa shape index (κ1) is 15.4. The quantitative estimate of drug-likeness (QED) is 0.629. The number of non-ortho nitro benzene ring substituents is 1. The zero-order chi connectivity index (χ0) is 15.4. The molecule has 0 saturated carbocycles. The number of carboxylic acid groups (broad SMARTS) is 1. The number of nitrogens with zero attached hydrogens (tertiary/aromatic N) is 2. The summed E-state index contributed by atoms with van der Waals surface area (Å²) in [5.41, 5.74) is 0.827. The average molecular weight is 293 g/mol. The molecule has 7 heteroatoms. The number of nitro groups is 1. The lowest BCUT2D eigenvalue weighted by Gasteiger charge is -2.39. The van der Waals surface area contributed by atoms with Crippen molar-refractivity contribution in [3.05, 3.63) is 39.9 Å². The normalized spacial score (nSPS) is 20.9. The summed E-state index contributed by atoms with van der Waals surface area (Å²) >= 11 is 0. The van der Waals surface area contributed by atoms with Crippen LogP contribution in [0.2, 0.25) is 0 Å². The topological polar surface area (TPSA) is 95.7 Å². The summed E-state index contributed by atoms with van der Waals surface area (Å²) in [6.45, 7) is 3.68. The van der Waals surface area contributed by atoms with Crippen molar-refractivity contribution >= 4 is 11.7 Å². The summed E-state index contributed by atoms with van der Waals surface area (Å²) in [5, 5.41) is 23.3. The Kier molecular flexibility index (Phi) is 4.87. The van der Waals surface area contributed by atoms with Gasteiger partial charge in [0, 0.05) is 37.8 Å². The van der Waals surface area contributed by atoms with E-state index in [-0.39, 0.29) is 11.7 Å². The molecular weight excluding hydrogens is 274 g/mol. The van der Waals surface area contributed by atoms with E-state index in [2.05, 4.69) is 5.32 Å². The fourth-order valence-corrected chi connectivity index (χ4v) is 2.83. The third-order valence-electron chi connectivity index (χ3n) is 3.82. The molecule has 1 aromatic carbocycles. The van der Waals surface area contributed by atoms with E-state index in [1.807, 2.05) is 17.9 Å². The van der Waals surface area contributed by atoms with Gasteiger partial charge in [0.2, 0.25) is 0 Å². The second kappa shape index (κ2) is 6.64. The van der Waals surface area contributed by atoms with E-state index < -0.39 is 16.9 Å². The first-order chi connectivity index (χ1) is 10.0. The summed E-state index contributed by atoms with van der Waals surface area (Å²) in [6, 6.07) is 5.71. The maximum atomic E-state index is 11.4. The second-order valence-electron chi connectivity index (χ2n) is 5.07. The van der Waals surface area contributed by atoms with Crippen LogP contribution in [0.25, 0.3) is 0 Å². The van der Waals surface area contributed by atoms with E-state index in [0.29, 0.717) is 19.5 Å². The van der Waals surface area contributed by atoms with Gasteiger partial charge in [0.1, 0.15) is 6.04 Å². The third kappa shape index (κ3) is 3.37. The Balaban J connectivity index is 2.31. The first-order valence-electron chi connectivity index (χ1n) is 6.98. The Morgan fingerprint density at radius 1 is 1.62 bits per heavy atom. The fourth-order valence-electron chi connectivity index (χ4n) is 2.83. The average Bonchev–Trinajstić information content (AvgIpc) is 2.48. The number of piperazine rings is 1. The molecule has 7 nitrogen and oxygen atoms in total. The van der Waals surface area contributed by atoms with Crippen molar-refractivity contribution in [2.24, 2.45) is 0 Å². The molecule has 1 aromatic rings. The van der Waals surface area contributed by atoms with Gasteiger partial charge in [-0.1, -0.05) is 19.1 Å². The van der Waals surface area contributed by atoms with Crippen LogP contribution in [0.5, 0.6) is 0 Å². The lowest BCUT2D eigenvalue weighted by Crippen LogP contribution is -2.55. The fraction of sp³-hybridized carbons (Fsp3) is 0.500. The highest BCUT2D eigenvalue weighted by Gasteiger charge is 2.33. The van der Waals surface area contributed by atoms with Crippen LogP contribution in [-0.2, 0) is 4.79 Å². The van der Waals surface area contributed by atoms with Crippen molar-refractivity contribution in [3.63, 3.8) is 0 Å². The van der Waals surface area contributed by atoms with E-state index >= 15 is 0 Å². The molecule has 2 atom stereocenters. The van der Waals surface area contributed by atoms with Crippen LogP contribution in [0, 0.1) is 10.1 Å². The monoisotopic (exact) mass is 293 g/mol. The summed E-state index contributed by atoms with van der Waals surface area (Å²) in [7, 11) is 0. The van der Waals surface area contributed by atoms with Crippen molar-refractivity contribution < 1.29 is 14.8 Å². The van der Waals surface area contributed by atoms with Crippen molar-refractivity contribution in [1.29, 1.82) is 0 Å². The number of rotatable bonds is 5. The van der Waals surface area contributed by atoms with Crippen molar-refractivity contribution in [2.75, 3.05) is 19.6 Å². The van der Waals surface area contributed by atoms with Crippen molar-refractivity contribution in [3.8, 4) is 0 Å². The van der Waals surface area contributed by atoms with Crippen LogP contribution in [0.3, 0.4) is 0 Å². The summed E-state index contributed by atoms with van der Waals surface area (Å²) in [4.78, 5) is 23.8. The van der Waals surface area contributed by atoms with Gasteiger partial charge in [-0.3, -0.25) is 19.8 Å². The Morgan fingerprint density at radius 2 is 2.38 bits per heavy atom. The number of carboxylic acids is 1. The Hall–Kier alpha value is -1.99. The van der Waals surface area contributed by atoms with Crippen molar-refractivity contribution in [1.82, 2.24) is 10.2 Å². The SMILES string of the molecule is CCC(c1cccc([N+](=O)[O-])c1)N1CCNCC1C(=O)O. The molecule has 1 aliphatic heterocycles. The van der Waals surface area contributed by atoms with E-state index in [9.17, 15) is 20.0 Å². The van der Waals surface area contributed by atoms with Crippen LogP contribution in [0.4, 0.5) is 5.69 Å². The highest BCUT2D eigenvalue weighted by Crippen LogP contribution is 2.29. The number of hydrogen-bond donors (Lipinski definition) is 2. The van der Waals surface area contributed by atoms with Gasteiger partial charge in [-0.25, -0.2) is 0 Å². The standard InChI is InChI=1S/C14H19N3O4/c1-2-12(10-4-3-5-11(8-10)17(20)21)16-7-6-15-9-13(16)14(18)19/h3-5,8,12-13,15H,2,6-7,9H2,1H3,(H,18,19). The molecule has 0 radical (unpaired) electrons. The summed E-state index contributed by atoms with van der Waals surface area (Å²) in [6.07, 6.45) is 0.699. The minimum absolute atomic E-state index is 0.0351. The van der Waals surface area contributed by atoms with Crippen molar-refractivity contribution in [2.45, 2.75) is 25.4 Å². The van der Waals surface area contributed by atoms with Crippen LogP contribution in [0.1, 0.15) is 24.9 Å². The number of nitro benzene ring substituents is 1. The summed E-state index contributed by atoms with van der Waals surface area (Å²) in [5.74, 6) is -0.869. The van der Waals surface area contributed by atoms with Gasteiger partial charge in [-0.2, -0.15) is 0 Å². The van der Waals surface area contributed by atoms with E-state index in [4.69, 9.17) is 0 Å². The minimum Gasteiger partial charge on any atom is -0.480 e. The molecule has 1 aliphatic rings. The molecule has 0 bridgehead atoms. The predicted molar refractivity (Wildman–Crippen MR) is 77.1 cm³/mol. The van der Waals surface area contributed by atoms with Crippen LogP contribution < -0.4 is 5.32 Å². The molecule has 2 N–H and O–H groups in total. The van der Waals surface area contributed by atoms with Gasteiger partial charge in [-0.15, -0.1) is 0 Å². The van der Waals surface area contributed by atoms with Crippen LogP contribution >= 0.6 is 0 Å². The molecule has 0 amide bonds. The maximum Gasteiger partial charge on any atom is 0.322 e. The molecule has 0 aliphatic carbocycles. The Morgan fingerprint density at radius 3 is 3.00 bits per heavy atom. The maximum absolute atomic E-state index is 11.4. The lowest BCUT2D eigenvalue weighted by molar-refractivity contribution is -0.385. The number of aliphatic carboxylic acids is 1. The van der Waals surface area contributed by atoms with E-state index in [0.717, 1.165) is 12.1 Å². The predicted octanol–water partition coefficient (Wildman–Crippen LogP) is 1.40. The molecule has 0 spiro atoms. The van der Waals surface area contributed by atoms with Gasteiger partial charge >= 0.3 is 5.97 Å². The lowest BCUT2D eigenvalue weighted by atomic mass is 9.99. The largest absolute Gasteiger partial charge is 0.480 e. The molecular formula is C14H19N3O4. The molecule has 1 fully saturated rings. The highest BCUT2D eigenvalue weighted by molar-refractivity contribution is 5.74. The van der Waals surface area contributed by atoms with Gasteiger partial charge in [0.05, 0.1) is 4.92 Å².